The molecule has 0 saturated heterocycles. The van der Waals surface area contributed by atoms with Crippen LogP contribution in [0.4, 0.5) is 0 Å². The maximum absolute atomic E-state index is 9.99. The average Bonchev–Trinajstić information content (AvgIpc) is 2.48. The molecule has 0 radical (unpaired) electrons. The van der Waals surface area contributed by atoms with E-state index in [0.29, 0.717) is 12.5 Å². The zero-order chi connectivity index (χ0) is 6.97. The van der Waals surface area contributed by atoms with Crippen LogP contribution in [0.3, 0.4) is 0 Å². The van der Waals surface area contributed by atoms with Gasteiger partial charge in [0.15, 0.2) is 0 Å². The molecule has 2 aliphatic rings. The van der Waals surface area contributed by atoms with E-state index in [4.69, 9.17) is 0 Å². The minimum Gasteiger partial charge on any atom is -0.151 e. The number of hydrogen-bond donors (Lipinski definition) is 0. The number of rotatable bonds is 2. The summed E-state index contributed by atoms with van der Waals surface area (Å²) in [5.41, 5.74) is 0. The standard InChI is InChI=1S/C8H13NO/c10-9-5-8-4-6-1-2-7(8)3-6/h6-8H,1-5H2. The fourth-order valence-corrected chi connectivity index (χ4v) is 2.70. The van der Waals surface area contributed by atoms with Crippen molar-refractivity contribution in [3.8, 4) is 0 Å². The highest BCUT2D eigenvalue weighted by Crippen LogP contribution is 2.48. The maximum atomic E-state index is 9.99. The Kier molecular flexibility index (Phi) is 1.47. The third-order valence-electron chi connectivity index (χ3n) is 3.19. The Labute approximate surface area is 61.0 Å². The van der Waals surface area contributed by atoms with E-state index in [-0.39, 0.29) is 0 Å². The fraction of sp³-hybridized carbons (Fsp3) is 1.00. The van der Waals surface area contributed by atoms with Gasteiger partial charge in [-0.25, -0.2) is 0 Å². The van der Waals surface area contributed by atoms with Crippen LogP contribution in [-0.2, 0) is 0 Å². The summed E-state index contributed by atoms with van der Waals surface area (Å²) in [5, 5.41) is 2.99. The molecule has 0 spiro atoms. The lowest BCUT2D eigenvalue weighted by molar-refractivity contribution is 0.341. The van der Waals surface area contributed by atoms with E-state index in [0.717, 1.165) is 11.8 Å². The van der Waals surface area contributed by atoms with Crippen LogP contribution in [0.5, 0.6) is 0 Å². The van der Waals surface area contributed by atoms with E-state index in [2.05, 4.69) is 5.18 Å². The molecule has 2 saturated carbocycles. The molecule has 2 rings (SSSR count). The molecule has 0 heterocycles. The van der Waals surface area contributed by atoms with Gasteiger partial charge in [-0.3, -0.25) is 0 Å². The molecule has 0 aromatic heterocycles. The lowest BCUT2D eigenvalue weighted by Gasteiger charge is -2.17. The van der Waals surface area contributed by atoms with Crippen LogP contribution in [0.2, 0.25) is 0 Å². The summed E-state index contributed by atoms with van der Waals surface area (Å²) in [4.78, 5) is 9.99. The van der Waals surface area contributed by atoms with Crippen LogP contribution in [-0.4, -0.2) is 6.54 Å². The Morgan fingerprint density at radius 2 is 2.20 bits per heavy atom. The molecule has 0 N–H and O–H groups in total. The van der Waals surface area contributed by atoms with Gasteiger partial charge >= 0.3 is 0 Å². The van der Waals surface area contributed by atoms with Crippen molar-refractivity contribution in [3.63, 3.8) is 0 Å². The SMILES string of the molecule is O=NCC1CC2CCC1C2. The number of fused-ring (bicyclic) bond motifs is 2. The summed E-state index contributed by atoms with van der Waals surface area (Å²) in [6.07, 6.45) is 5.46. The van der Waals surface area contributed by atoms with Gasteiger partial charge in [0.05, 0.1) is 6.54 Å². The topological polar surface area (TPSA) is 29.4 Å². The Balaban J connectivity index is 1.95. The van der Waals surface area contributed by atoms with E-state index >= 15 is 0 Å². The Bertz CT molecular complexity index is 146. The van der Waals surface area contributed by atoms with Gasteiger partial charge in [-0.2, -0.15) is 4.91 Å². The highest BCUT2D eigenvalue weighted by atomic mass is 16.3. The van der Waals surface area contributed by atoms with E-state index in [1.165, 1.54) is 25.7 Å². The minimum atomic E-state index is 0.584. The zero-order valence-corrected chi connectivity index (χ0v) is 6.12. The van der Waals surface area contributed by atoms with Crippen molar-refractivity contribution in [1.82, 2.24) is 0 Å². The summed E-state index contributed by atoms with van der Waals surface area (Å²) in [6.45, 7) is 0.584. The largest absolute Gasteiger partial charge is 0.151 e. The van der Waals surface area contributed by atoms with Gasteiger partial charge in [0.25, 0.3) is 0 Å². The van der Waals surface area contributed by atoms with E-state index < -0.39 is 0 Å². The van der Waals surface area contributed by atoms with Crippen LogP contribution in [0.25, 0.3) is 0 Å². The first-order chi connectivity index (χ1) is 4.90. The highest BCUT2D eigenvalue weighted by Gasteiger charge is 2.39. The molecule has 0 aromatic rings. The summed E-state index contributed by atoms with van der Waals surface area (Å²) in [6, 6.07) is 0. The van der Waals surface area contributed by atoms with Gasteiger partial charge in [-0.15, -0.1) is 0 Å². The van der Waals surface area contributed by atoms with Gasteiger partial charge in [0.1, 0.15) is 0 Å². The molecule has 56 valence electrons. The van der Waals surface area contributed by atoms with E-state index in [1.807, 2.05) is 0 Å². The molecular formula is C8H13NO. The summed E-state index contributed by atoms with van der Waals surface area (Å²) in [7, 11) is 0. The molecule has 2 bridgehead atoms. The second-order valence-electron chi connectivity index (χ2n) is 3.75. The highest BCUT2D eigenvalue weighted by molar-refractivity contribution is 4.90. The monoisotopic (exact) mass is 139 g/mol. The Morgan fingerprint density at radius 1 is 1.30 bits per heavy atom. The van der Waals surface area contributed by atoms with Crippen molar-refractivity contribution in [2.75, 3.05) is 6.54 Å². The fourth-order valence-electron chi connectivity index (χ4n) is 2.70. The van der Waals surface area contributed by atoms with Crippen molar-refractivity contribution >= 4 is 0 Å². The first kappa shape index (κ1) is 6.32. The van der Waals surface area contributed by atoms with Crippen molar-refractivity contribution < 1.29 is 0 Å². The number of nitrogens with zero attached hydrogens (tertiary/aromatic N) is 1. The summed E-state index contributed by atoms with van der Waals surface area (Å²) >= 11 is 0. The Hall–Kier alpha value is -0.400. The molecule has 2 nitrogen and oxygen atoms in total. The van der Waals surface area contributed by atoms with Crippen LogP contribution < -0.4 is 0 Å². The molecule has 2 fully saturated rings. The molecule has 2 aliphatic carbocycles. The minimum absolute atomic E-state index is 0.584. The molecule has 3 unspecified atom stereocenters. The number of nitroso groups, excluding NO2 is 1. The third kappa shape index (κ3) is 0.862. The summed E-state index contributed by atoms with van der Waals surface area (Å²) in [5.74, 6) is 2.48. The predicted molar refractivity (Wildman–Crippen MR) is 39.6 cm³/mol. The maximum Gasteiger partial charge on any atom is 0.0842 e. The lowest BCUT2D eigenvalue weighted by Crippen LogP contribution is -2.12. The van der Waals surface area contributed by atoms with Crippen LogP contribution in [0, 0.1) is 22.7 Å². The van der Waals surface area contributed by atoms with Gasteiger partial charge in [-0.05, 0) is 37.0 Å². The molecule has 0 aliphatic heterocycles. The summed E-state index contributed by atoms with van der Waals surface area (Å²) < 4.78 is 0. The Morgan fingerprint density at radius 3 is 2.70 bits per heavy atom. The molecule has 0 aromatic carbocycles. The zero-order valence-electron chi connectivity index (χ0n) is 6.12. The lowest BCUT2D eigenvalue weighted by atomic mass is 9.89. The normalized spacial score (nSPS) is 44.2. The molecule has 2 heteroatoms. The molecule has 10 heavy (non-hydrogen) atoms. The predicted octanol–water partition coefficient (Wildman–Crippen LogP) is 2.19. The van der Waals surface area contributed by atoms with Gasteiger partial charge in [-0.1, -0.05) is 11.6 Å². The average molecular weight is 139 g/mol. The molecular weight excluding hydrogens is 126 g/mol. The first-order valence-electron chi connectivity index (χ1n) is 4.19. The third-order valence-corrected chi connectivity index (χ3v) is 3.19. The number of hydrogen-bond acceptors (Lipinski definition) is 2. The van der Waals surface area contributed by atoms with Gasteiger partial charge in [0.2, 0.25) is 0 Å². The molecule has 0 amide bonds. The first-order valence-corrected chi connectivity index (χ1v) is 4.19. The van der Waals surface area contributed by atoms with E-state index in [9.17, 15) is 4.91 Å². The second kappa shape index (κ2) is 2.33. The van der Waals surface area contributed by atoms with Crippen molar-refractivity contribution in [3.05, 3.63) is 4.91 Å². The molecule has 3 atom stereocenters. The second-order valence-corrected chi connectivity index (χ2v) is 3.75. The van der Waals surface area contributed by atoms with Crippen molar-refractivity contribution in [1.29, 1.82) is 0 Å². The van der Waals surface area contributed by atoms with Gasteiger partial charge < -0.3 is 0 Å². The van der Waals surface area contributed by atoms with Crippen LogP contribution >= 0.6 is 0 Å². The van der Waals surface area contributed by atoms with E-state index in [1.54, 1.807) is 0 Å². The van der Waals surface area contributed by atoms with Crippen molar-refractivity contribution in [2.45, 2.75) is 25.7 Å². The van der Waals surface area contributed by atoms with Crippen molar-refractivity contribution in [2.24, 2.45) is 22.9 Å². The quantitative estimate of drug-likeness (QED) is 0.539. The van der Waals surface area contributed by atoms with Crippen LogP contribution in [0.1, 0.15) is 25.7 Å². The van der Waals surface area contributed by atoms with Gasteiger partial charge in [0, 0.05) is 0 Å². The van der Waals surface area contributed by atoms with Crippen LogP contribution in [0.15, 0.2) is 5.18 Å². The smallest absolute Gasteiger partial charge is 0.0842 e.